The molecule has 2 heteroatoms. The van der Waals surface area contributed by atoms with Crippen LogP contribution < -0.4 is 4.73 Å². The van der Waals surface area contributed by atoms with Crippen molar-refractivity contribution in [2.24, 2.45) is 0 Å². The second-order valence-electron chi connectivity index (χ2n) is 4.36. The van der Waals surface area contributed by atoms with Crippen LogP contribution in [-0.4, -0.2) is 0 Å². The Morgan fingerprint density at radius 1 is 0.789 bits per heavy atom. The minimum atomic E-state index is 0.692. The van der Waals surface area contributed by atoms with E-state index < -0.39 is 0 Å². The molecule has 92 valence electrons. The van der Waals surface area contributed by atoms with Gasteiger partial charge in [0.2, 0.25) is 5.52 Å². The lowest BCUT2D eigenvalue weighted by molar-refractivity contribution is -0.577. The van der Waals surface area contributed by atoms with Gasteiger partial charge < -0.3 is 5.21 Å². The number of hydrogen-bond donors (Lipinski definition) is 0. The molecule has 0 radical (unpaired) electrons. The van der Waals surface area contributed by atoms with Gasteiger partial charge in [-0.25, -0.2) is 0 Å². The van der Waals surface area contributed by atoms with Crippen molar-refractivity contribution in [3.05, 3.63) is 83.2 Å². The van der Waals surface area contributed by atoms with Crippen molar-refractivity contribution in [3.63, 3.8) is 0 Å². The molecular weight excluding hydrogens is 234 g/mol. The van der Waals surface area contributed by atoms with Gasteiger partial charge in [-0.1, -0.05) is 54.6 Å². The maximum Gasteiger partial charge on any atom is 0.224 e. The van der Waals surface area contributed by atoms with Gasteiger partial charge in [-0.2, -0.15) is 4.73 Å². The van der Waals surface area contributed by atoms with Crippen LogP contribution >= 0.6 is 0 Å². The molecule has 0 saturated heterocycles. The molecule has 1 aromatic heterocycles. The van der Waals surface area contributed by atoms with Gasteiger partial charge >= 0.3 is 0 Å². The Hall–Kier alpha value is -2.61. The molecule has 3 aromatic rings. The smallest absolute Gasteiger partial charge is 0.224 e. The van der Waals surface area contributed by atoms with Gasteiger partial charge in [0.1, 0.15) is 0 Å². The molecule has 3 rings (SSSR count). The van der Waals surface area contributed by atoms with Crippen molar-refractivity contribution in [2.45, 2.75) is 0 Å². The summed E-state index contributed by atoms with van der Waals surface area (Å²) in [5, 5.41) is 12.7. The summed E-state index contributed by atoms with van der Waals surface area (Å²) >= 11 is 0. The predicted octanol–water partition coefficient (Wildman–Crippen LogP) is 3.64. The van der Waals surface area contributed by atoms with Crippen LogP contribution in [0.25, 0.3) is 23.1 Å². The molecule has 0 aliphatic carbocycles. The zero-order valence-electron chi connectivity index (χ0n) is 10.4. The fourth-order valence-electron chi connectivity index (χ4n) is 2.12. The van der Waals surface area contributed by atoms with E-state index in [0.29, 0.717) is 5.52 Å². The van der Waals surface area contributed by atoms with E-state index in [1.807, 2.05) is 54.6 Å². The molecule has 19 heavy (non-hydrogen) atoms. The molecule has 0 unspecified atom stereocenters. The molecule has 0 aliphatic heterocycles. The minimum Gasteiger partial charge on any atom is -0.618 e. The van der Waals surface area contributed by atoms with Crippen LogP contribution in [0, 0.1) is 5.21 Å². The van der Waals surface area contributed by atoms with E-state index in [-0.39, 0.29) is 0 Å². The van der Waals surface area contributed by atoms with Crippen LogP contribution in [0.4, 0.5) is 0 Å². The van der Waals surface area contributed by atoms with Crippen molar-refractivity contribution in [3.8, 4) is 0 Å². The van der Waals surface area contributed by atoms with Crippen LogP contribution in [0.5, 0.6) is 0 Å². The molecule has 0 fully saturated rings. The first-order valence-corrected chi connectivity index (χ1v) is 6.19. The molecule has 0 atom stereocenters. The highest BCUT2D eigenvalue weighted by atomic mass is 16.5. The monoisotopic (exact) mass is 247 g/mol. The zero-order chi connectivity index (χ0) is 13.1. The van der Waals surface area contributed by atoms with Crippen molar-refractivity contribution >= 4 is 23.1 Å². The summed E-state index contributed by atoms with van der Waals surface area (Å²) in [4.78, 5) is 0. The molecule has 0 aliphatic rings. The molecule has 1 heterocycles. The van der Waals surface area contributed by atoms with Gasteiger partial charge in [0.25, 0.3) is 0 Å². The lowest BCUT2D eigenvalue weighted by Crippen LogP contribution is -2.26. The van der Waals surface area contributed by atoms with Gasteiger partial charge in [-0.05, 0) is 17.2 Å². The van der Waals surface area contributed by atoms with E-state index in [0.717, 1.165) is 21.2 Å². The van der Waals surface area contributed by atoms with Crippen LogP contribution in [0.1, 0.15) is 11.1 Å². The standard InChI is InChI=1S/C17H13NO/c19-18-13-12-15(16-8-4-5-9-17(16)18)11-10-14-6-2-1-3-7-14/h1-13H/b11-10+. The summed E-state index contributed by atoms with van der Waals surface area (Å²) in [6.07, 6.45) is 5.64. The van der Waals surface area contributed by atoms with Gasteiger partial charge in [-0.3, -0.25) is 0 Å². The van der Waals surface area contributed by atoms with Crippen LogP contribution in [0.2, 0.25) is 0 Å². The topological polar surface area (TPSA) is 26.9 Å². The first kappa shape index (κ1) is 11.5. The third-order valence-corrected chi connectivity index (χ3v) is 3.10. The summed E-state index contributed by atoms with van der Waals surface area (Å²) in [5.74, 6) is 0. The minimum absolute atomic E-state index is 0.692. The molecule has 2 nitrogen and oxygen atoms in total. The number of pyridine rings is 1. The zero-order valence-corrected chi connectivity index (χ0v) is 10.4. The molecular formula is C17H13NO. The van der Waals surface area contributed by atoms with E-state index in [4.69, 9.17) is 0 Å². The summed E-state index contributed by atoms with van der Waals surface area (Å²) in [6, 6.07) is 19.6. The highest BCUT2D eigenvalue weighted by Gasteiger charge is 2.05. The van der Waals surface area contributed by atoms with Crippen LogP contribution in [-0.2, 0) is 0 Å². The largest absolute Gasteiger partial charge is 0.618 e. The predicted molar refractivity (Wildman–Crippen MR) is 78.3 cm³/mol. The number of hydrogen-bond acceptors (Lipinski definition) is 1. The van der Waals surface area contributed by atoms with Crippen molar-refractivity contribution in [1.29, 1.82) is 0 Å². The SMILES string of the molecule is [O-][n+]1ccc(/C=C/c2ccccc2)c2ccccc21. The summed E-state index contributed by atoms with van der Waals surface area (Å²) < 4.78 is 0.898. The van der Waals surface area contributed by atoms with Crippen LogP contribution in [0.3, 0.4) is 0 Å². The fourth-order valence-corrected chi connectivity index (χ4v) is 2.12. The number of rotatable bonds is 2. The van der Waals surface area contributed by atoms with E-state index in [1.54, 1.807) is 6.20 Å². The first-order valence-electron chi connectivity index (χ1n) is 6.19. The second-order valence-corrected chi connectivity index (χ2v) is 4.36. The van der Waals surface area contributed by atoms with Gasteiger partial charge in [-0.15, -0.1) is 0 Å². The fraction of sp³-hybridized carbons (Fsp3) is 0. The number of aromatic nitrogens is 1. The lowest BCUT2D eigenvalue weighted by atomic mass is 10.1. The number of para-hydroxylation sites is 1. The van der Waals surface area contributed by atoms with E-state index in [9.17, 15) is 5.21 Å². The van der Waals surface area contributed by atoms with Gasteiger partial charge in [0.05, 0.1) is 5.39 Å². The number of benzene rings is 2. The number of nitrogens with zero attached hydrogens (tertiary/aromatic N) is 1. The lowest BCUT2D eigenvalue weighted by Gasteiger charge is -2.03. The summed E-state index contributed by atoms with van der Waals surface area (Å²) in [7, 11) is 0. The molecule has 0 bridgehead atoms. The van der Waals surface area contributed by atoms with E-state index >= 15 is 0 Å². The normalized spacial score (nSPS) is 11.2. The second kappa shape index (κ2) is 4.94. The molecule has 0 N–H and O–H groups in total. The average molecular weight is 247 g/mol. The Kier molecular flexibility index (Phi) is 2.99. The van der Waals surface area contributed by atoms with E-state index in [2.05, 4.69) is 18.2 Å². The van der Waals surface area contributed by atoms with Crippen molar-refractivity contribution in [1.82, 2.24) is 0 Å². The van der Waals surface area contributed by atoms with Crippen LogP contribution in [0.15, 0.2) is 66.9 Å². The van der Waals surface area contributed by atoms with Gasteiger partial charge in [0.15, 0.2) is 6.20 Å². The Morgan fingerprint density at radius 2 is 1.53 bits per heavy atom. The Balaban J connectivity index is 2.07. The molecule has 2 aromatic carbocycles. The van der Waals surface area contributed by atoms with E-state index in [1.165, 1.54) is 0 Å². The molecule has 0 amide bonds. The number of fused-ring (bicyclic) bond motifs is 1. The highest BCUT2D eigenvalue weighted by molar-refractivity contribution is 5.88. The highest BCUT2D eigenvalue weighted by Crippen LogP contribution is 2.17. The molecule has 0 spiro atoms. The maximum absolute atomic E-state index is 11.7. The molecule has 0 saturated carbocycles. The van der Waals surface area contributed by atoms with Gasteiger partial charge in [0, 0.05) is 12.1 Å². The Bertz CT molecular complexity index is 733. The van der Waals surface area contributed by atoms with Crippen molar-refractivity contribution < 1.29 is 4.73 Å². The Labute approximate surface area is 111 Å². The third-order valence-electron chi connectivity index (χ3n) is 3.10. The average Bonchev–Trinajstić information content (AvgIpc) is 2.48. The van der Waals surface area contributed by atoms with Crippen molar-refractivity contribution in [2.75, 3.05) is 0 Å². The quantitative estimate of drug-likeness (QED) is 0.501. The Morgan fingerprint density at radius 3 is 2.37 bits per heavy atom. The summed E-state index contributed by atoms with van der Waals surface area (Å²) in [5.41, 5.74) is 2.88. The maximum atomic E-state index is 11.7. The summed E-state index contributed by atoms with van der Waals surface area (Å²) in [6.45, 7) is 0. The first-order chi connectivity index (χ1) is 9.34. The third kappa shape index (κ3) is 2.33.